The molecule has 0 fully saturated rings. The van der Waals surface area contributed by atoms with Gasteiger partial charge >= 0.3 is 0 Å². The average Bonchev–Trinajstić information content (AvgIpc) is 0.876. The predicted molar refractivity (Wildman–Crippen MR) is 375 cm³/mol. The monoisotopic (exact) mass is 1360 g/mol. The first-order valence-electron chi connectivity index (χ1n) is 33.1. The Balaban J connectivity index is 1.23. The summed E-state index contributed by atoms with van der Waals surface area (Å²) >= 11 is 6.24. The zero-order chi connectivity index (χ0) is 70.9. The molecule has 0 spiro atoms. The van der Waals surface area contributed by atoms with E-state index in [1.54, 1.807) is 54.7 Å². The molecule has 14 N–H and O–H groups in total. The first-order valence-corrected chi connectivity index (χ1v) is 33.5. The zero-order valence-electron chi connectivity index (χ0n) is 56.0. The van der Waals surface area contributed by atoms with E-state index in [2.05, 4.69) is 57.5 Å². The molecule has 6 rings (SSSR count). The summed E-state index contributed by atoms with van der Waals surface area (Å²) in [5.41, 5.74) is 13.4. The van der Waals surface area contributed by atoms with Crippen molar-refractivity contribution in [3.05, 3.63) is 173 Å². The number of hydrogen-bond donors (Lipinski definition) is 12. The van der Waals surface area contributed by atoms with E-state index in [-0.39, 0.29) is 75.0 Å². The van der Waals surface area contributed by atoms with Crippen molar-refractivity contribution < 1.29 is 53.4 Å². The molecule has 0 bridgehead atoms. The van der Waals surface area contributed by atoms with E-state index in [9.17, 15) is 48.6 Å². The van der Waals surface area contributed by atoms with Gasteiger partial charge in [-0.15, -0.1) is 0 Å². The number of pyridine rings is 2. The number of aromatic nitrogens is 2. The molecule has 25 nitrogen and oxygen atoms in total. The fraction of sp³-hybridized carbons (Fsp3) is 0.417. The lowest BCUT2D eigenvalue weighted by Crippen LogP contribution is -2.61. The van der Waals surface area contributed by atoms with Gasteiger partial charge in [-0.3, -0.25) is 58.1 Å². The lowest BCUT2D eigenvalue weighted by molar-refractivity contribution is -0.144. The summed E-state index contributed by atoms with van der Waals surface area (Å²) < 4.78 is 0. The van der Waals surface area contributed by atoms with Crippen LogP contribution >= 0.6 is 11.6 Å². The van der Waals surface area contributed by atoms with Crippen molar-refractivity contribution >= 4 is 81.5 Å². The smallest absolute Gasteiger partial charge is 0.252 e. The number of hydrogen-bond acceptors (Lipinski definition) is 14. The van der Waals surface area contributed by atoms with E-state index in [1.165, 1.54) is 56.8 Å². The Morgan fingerprint density at radius 3 is 1.68 bits per heavy atom. The van der Waals surface area contributed by atoms with Crippen LogP contribution in [0.4, 0.5) is 0 Å². The number of likely N-dealkylation sites (N-methyl/N-ethyl adjacent to an activating group) is 1. The van der Waals surface area contributed by atoms with Crippen molar-refractivity contribution in [1.82, 2.24) is 57.4 Å². The third-order valence-electron chi connectivity index (χ3n) is 16.3. The van der Waals surface area contributed by atoms with Crippen molar-refractivity contribution in [3.8, 4) is 5.75 Å². The molecule has 6 aromatic rings. The van der Waals surface area contributed by atoms with Crippen molar-refractivity contribution in [1.29, 1.82) is 0 Å². The van der Waals surface area contributed by atoms with Crippen LogP contribution in [0.25, 0.3) is 10.8 Å². The van der Waals surface area contributed by atoms with Gasteiger partial charge in [0.15, 0.2) is 5.96 Å². The zero-order valence-corrected chi connectivity index (χ0v) is 56.8. The second kappa shape index (κ2) is 40.5. The van der Waals surface area contributed by atoms with E-state index < -0.39 is 96.2 Å². The molecule has 9 amide bonds. The largest absolute Gasteiger partial charge is 0.508 e. The third-order valence-corrected chi connectivity index (χ3v) is 16.5. The number of aliphatic imine (C=N–C) groups is 1. The van der Waals surface area contributed by atoms with Crippen LogP contribution in [0.2, 0.25) is 5.02 Å². The van der Waals surface area contributed by atoms with Gasteiger partial charge in [-0.05, 0) is 120 Å². The average molecular weight is 1370 g/mol. The fourth-order valence-electron chi connectivity index (χ4n) is 11.0. The van der Waals surface area contributed by atoms with Crippen LogP contribution in [0, 0.1) is 5.92 Å². The van der Waals surface area contributed by atoms with E-state index in [1.807, 2.05) is 56.3 Å². The standard InChI is InChI=1S/C72H93ClN14O11/c1-46(2)37-58(65(92)79-34-12-7-5-6-8-13-36-80-72(74)75)83-66(93)57(21-11-14-35-78-64(91)54-20-16-33-77-44-54)82-70(97)63(42-49-25-30-56(90)31-26-49)87(4)71(98)62(45-88)86-69(96)61(41-51-17-15-32-76-43-51)85-68(95)60(39-48-23-28-55(73)29-24-48)84-67(94)59(81-47(3)89)40-50-22-27-52-18-9-10-19-53(52)38-50/h9-10,15-20,22-33,38,43-44,46,57-63,88,90H,5-8,11-14,21,34-37,39-42,45H2,1-4H3,(H,78,91)(H,79,92)(H,81,89)(H,82,97)(H,83,93)(H,84,94)(H,85,95)(H,86,96)(H4,74,75,80)/t57-,58+,59-,60-,61-,62+,63+/m1/s1. The molecule has 2 aromatic heterocycles. The quantitative estimate of drug-likeness (QED) is 0.0144. The molecule has 98 heavy (non-hydrogen) atoms. The second-order valence-electron chi connectivity index (χ2n) is 24.7. The van der Waals surface area contributed by atoms with Gasteiger partial charge in [0.25, 0.3) is 5.91 Å². The van der Waals surface area contributed by atoms with Gasteiger partial charge in [-0.25, -0.2) is 0 Å². The SMILES string of the molecule is CC(=O)N[C@H](Cc1ccc2ccccc2c1)C(=O)N[C@H](Cc1ccc(Cl)cc1)C(=O)N[C@H](Cc1cccnc1)C(=O)N[C@@H](CO)C(=O)N(C)[C@@H](Cc1ccc(O)cc1)C(=O)N[C@H](CCCCNC(=O)c1cccnc1)C(=O)N[C@@H](CC(C)C)C(=O)NCCCCCCCCN=C(N)N. The molecule has 0 aliphatic carbocycles. The summed E-state index contributed by atoms with van der Waals surface area (Å²) in [6, 6.07) is 22.7. The summed E-state index contributed by atoms with van der Waals surface area (Å²) in [6.07, 6.45) is 11.6. The van der Waals surface area contributed by atoms with Crippen LogP contribution in [-0.4, -0.2) is 160 Å². The van der Waals surface area contributed by atoms with Crippen LogP contribution in [0.3, 0.4) is 0 Å². The number of aliphatic hydroxyl groups is 1. The maximum Gasteiger partial charge on any atom is 0.252 e. The van der Waals surface area contributed by atoms with Gasteiger partial charge in [0.1, 0.15) is 48.0 Å². The lowest BCUT2D eigenvalue weighted by atomic mass is 9.99. The predicted octanol–water partition coefficient (Wildman–Crippen LogP) is 4.38. The summed E-state index contributed by atoms with van der Waals surface area (Å²) in [4.78, 5) is 141. The maximum atomic E-state index is 15.1. The van der Waals surface area contributed by atoms with E-state index >= 15 is 4.79 Å². The summed E-state index contributed by atoms with van der Waals surface area (Å²) in [5, 5.41) is 45.9. The number of amides is 9. The summed E-state index contributed by atoms with van der Waals surface area (Å²) in [5.74, 6) is -6.32. The molecule has 0 aliphatic heterocycles. The molecule has 0 saturated heterocycles. The first kappa shape index (κ1) is 77.0. The number of aromatic hydroxyl groups is 1. The number of halogens is 1. The van der Waals surface area contributed by atoms with Crippen LogP contribution < -0.4 is 54.0 Å². The number of guanidine groups is 1. The number of phenols is 1. The number of nitrogens with two attached hydrogens (primary N) is 2. The molecule has 7 atom stereocenters. The molecule has 0 radical (unpaired) electrons. The van der Waals surface area contributed by atoms with E-state index in [0.717, 1.165) is 53.3 Å². The molecule has 4 aromatic carbocycles. The Kier molecular flexibility index (Phi) is 31.8. The normalized spacial score (nSPS) is 13.2. The highest BCUT2D eigenvalue weighted by Gasteiger charge is 2.37. The van der Waals surface area contributed by atoms with Gasteiger partial charge in [-0.1, -0.05) is 124 Å². The number of nitrogens with one attached hydrogen (secondary N) is 8. The number of rotatable bonds is 40. The van der Waals surface area contributed by atoms with Gasteiger partial charge in [0.05, 0.1) is 12.2 Å². The van der Waals surface area contributed by atoms with Crippen molar-refractivity contribution in [2.45, 2.75) is 153 Å². The minimum atomic E-state index is -1.76. The molecule has 0 saturated carbocycles. The molecular formula is C72H93ClN14O11. The minimum absolute atomic E-state index is 0.0106. The molecule has 524 valence electrons. The summed E-state index contributed by atoms with van der Waals surface area (Å²) in [6.45, 7) is 5.19. The number of carbonyl (C=O) groups excluding carboxylic acids is 9. The Morgan fingerprint density at radius 1 is 0.531 bits per heavy atom. The van der Waals surface area contributed by atoms with Crippen molar-refractivity contribution in [2.24, 2.45) is 22.4 Å². The van der Waals surface area contributed by atoms with Crippen molar-refractivity contribution in [2.75, 3.05) is 33.3 Å². The van der Waals surface area contributed by atoms with E-state index in [0.29, 0.717) is 53.2 Å². The van der Waals surface area contributed by atoms with Crippen LogP contribution in [0.15, 0.2) is 145 Å². The molecular weight excluding hydrogens is 1270 g/mol. The molecule has 2 heterocycles. The van der Waals surface area contributed by atoms with Crippen LogP contribution in [0.5, 0.6) is 5.75 Å². The highest BCUT2D eigenvalue weighted by atomic mass is 35.5. The second-order valence-corrected chi connectivity index (χ2v) is 25.1. The number of phenolic OH excluding ortho intramolecular Hbond substituents is 1. The number of carbonyl (C=O) groups is 9. The van der Waals surface area contributed by atoms with Gasteiger partial charge in [-0.2, -0.15) is 0 Å². The molecule has 0 unspecified atom stereocenters. The maximum absolute atomic E-state index is 15.1. The highest BCUT2D eigenvalue weighted by molar-refractivity contribution is 6.30. The molecule has 26 heteroatoms. The Hall–Kier alpha value is -10.0. The Labute approximate surface area is 576 Å². The summed E-state index contributed by atoms with van der Waals surface area (Å²) in [7, 11) is 1.28. The molecule has 0 aliphatic rings. The number of fused-ring (bicyclic) bond motifs is 1. The Morgan fingerprint density at radius 2 is 1.06 bits per heavy atom. The van der Waals surface area contributed by atoms with Gasteiger partial charge in [0, 0.05) is 89.1 Å². The van der Waals surface area contributed by atoms with Crippen molar-refractivity contribution in [3.63, 3.8) is 0 Å². The van der Waals surface area contributed by atoms with Crippen LogP contribution in [-0.2, 0) is 64.0 Å². The topological polar surface area (TPSA) is 384 Å². The van der Waals surface area contributed by atoms with Crippen LogP contribution in [0.1, 0.15) is 118 Å². The highest BCUT2D eigenvalue weighted by Crippen LogP contribution is 2.20. The lowest BCUT2D eigenvalue weighted by Gasteiger charge is -2.32. The van der Waals surface area contributed by atoms with Gasteiger partial charge < -0.3 is 69.1 Å². The van der Waals surface area contributed by atoms with E-state index in [4.69, 9.17) is 23.1 Å². The number of unbranched alkanes of at least 4 members (excludes halogenated alkanes) is 6. The number of nitrogens with zero attached hydrogens (tertiary/aromatic N) is 4. The van der Waals surface area contributed by atoms with Gasteiger partial charge in [0.2, 0.25) is 47.3 Å². The third kappa shape index (κ3) is 26.5. The minimum Gasteiger partial charge on any atom is -0.508 e. The Bertz CT molecular complexity index is 3600. The number of benzene rings is 4. The number of aliphatic hydroxyl groups excluding tert-OH is 1. The first-order chi connectivity index (χ1) is 47.1. The fourth-order valence-corrected chi connectivity index (χ4v) is 11.1.